The Morgan fingerprint density at radius 3 is 3.00 bits per heavy atom. The summed E-state index contributed by atoms with van der Waals surface area (Å²) in [5.41, 5.74) is -0.567. The molecule has 3 heterocycles. The van der Waals surface area contributed by atoms with Gasteiger partial charge in [0.2, 0.25) is 5.91 Å². The van der Waals surface area contributed by atoms with E-state index in [4.69, 9.17) is 4.74 Å². The van der Waals surface area contributed by atoms with Gasteiger partial charge in [-0.2, -0.15) is 0 Å². The summed E-state index contributed by atoms with van der Waals surface area (Å²) in [5.74, 6) is -2.56. The van der Waals surface area contributed by atoms with Crippen molar-refractivity contribution in [2.24, 2.45) is 11.3 Å². The quantitative estimate of drug-likeness (QED) is 0.911. The number of hydrogen-bond acceptors (Lipinski definition) is 4. The van der Waals surface area contributed by atoms with E-state index in [0.717, 1.165) is 13.1 Å². The number of carbonyl (C=O) groups is 1. The molecule has 4 rings (SSSR count). The number of halogens is 2. The topological polar surface area (TPSA) is 41.6 Å². The van der Waals surface area contributed by atoms with Crippen molar-refractivity contribution in [2.45, 2.75) is 31.4 Å². The lowest BCUT2D eigenvalue weighted by atomic mass is 9.79. The van der Waals surface area contributed by atoms with Gasteiger partial charge in [-0.15, -0.1) is 11.3 Å². The third-order valence-corrected chi connectivity index (χ3v) is 6.14. The first-order valence-electron chi connectivity index (χ1n) is 7.98. The molecule has 1 amide bonds. The van der Waals surface area contributed by atoms with Crippen LogP contribution < -0.4 is 5.32 Å². The van der Waals surface area contributed by atoms with Gasteiger partial charge in [0.05, 0.1) is 18.6 Å². The fourth-order valence-corrected chi connectivity index (χ4v) is 4.74. The Labute approximate surface area is 137 Å². The summed E-state index contributed by atoms with van der Waals surface area (Å²) < 4.78 is 31.5. The zero-order chi connectivity index (χ0) is 16.1. The molecule has 3 fully saturated rings. The van der Waals surface area contributed by atoms with Crippen molar-refractivity contribution in [3.63, 3.8) is 0 Å². The van der Waals surface area contributed by atoms with Gasteiger partial charge in [-0.1, -0.05) is 6.07 Å². The van der Waals surface area contributed by atoms with Crippen molar-refractivity contribution in [1.82, 2.24) is 10.2 Å². The fraction of sp³-hybridized carbons (Fsp3) is 0.688. The number of hydrogen-bond donors (Lipinski definition) is 1. The highest BCUT2D eigenvalue weighted by molar-refractivity contribution is 7.09. The van der Waals surface area contributed by atoms with Crippen LogP contribution in [0.5, 0.6) is 0 Å². The van der Waals surface area contributed by atoms with Gasteiger partial charge in [0.15, 0.2) is 0 Å². The van der Waals surface area contributed by atoms with Gasteiger partial charge in [0.1, 0.15) is 0 Å². The highest BCUT2D eigenvalue weighted by Gasteiger charge is 2.57. The minimum Gasteiger partial charge on any atom is -0.380 e. The highest BCUT2D eigenvalue weighted by atomic mass is 32.1. The number of fused-ring (bicyclic) bond motifs is 1. The van der Waals surface area contributed by atoms with Crippen LogP contribution in [-0.4, -0.2) is 49.1 Å². The number of likely N-dealkylation sites (tertiary alicyclic amines) is 1. The molecule has 1 aliphatic carbocycles. The summed E-state index contributed by atoms with van der Waals surface area (Å²) in [6.45, 7) is 3.28. The zero-order valence-electron chi connectivity index (χ0n) is 12.8. The maximum Gasteiger partial charge on any atom is 0.252 e. The molecule has 126 valence electrons. The van der Waals surface area contributed by atoms with Crippen molar-refractivity contribution in [1.29, 1.82) is 0 Å². The van der Waals surface area contributed by atoms with Crippen molar-refractivity contribution in [2.75, 3.05) is 26.3 Å². The zero-order valence-corrected chi connectivity index (χ0v) is 13.6. The molecule has 3 aliphatic rings. The molecule has 1 N–H and O–H groups in total. The van der Waals surface area contributed by atoms with Gasteiger partial charge in [-0.25, -0.2) is 8.78 Å². The minimum atomic E-state index is -2.61. The number of nitrogens with zero attached hydrogens (tertiary/aromatic N) is 1. The van der Waals surface area contributed by atoms with Crippen LogP contribution in [0, 0.1) is 11.3 Å². The molecule has 4 nitrogen and oxygen atoms in total. The van der Waals surface area contributed by atoms with Crippen LogP contribution in [0.25, 0.3) is 0 Å². The number of alkyl halides is 2. The predicted octanol–water partition coefficient (Wildman–Crippen LogP) is 2.11. The van der Waals surface area contributed by atoms with Crippen LogP contribution >= 0.6 is 11.3 Å². The maximum absolute atomic E-state index is 13.0. The SMILES string of the molecule is O=C(NC1CC(F)(F)C1)[C@]12COC[C@H]1CN(Cc1cccs1)C2. The van der Waals surface area contributed by atoms with Gasteiger partial charge >= 0.3 is 0 Å². The molecule has 1 saturated carbocycles. The first-order valence-corrected chi connectivity index (χ1v) is 8.86. The van der Waals surface area contributed by atoms with E-state index < -0.39 is 11.3 Å². The maximum atomic E-state index is 13.0. The van der Waals surface area contributed by atoms with Gasteiger partial charge in [-0.3, -0.25) is 9.69 Å². The minimum absolute atomic E-state index is 0.103. The van der Waals surface area contributed by atoms with Crippen LogP contribution in [0.2, 0.25) is 0 Å². The van der Waals surface area contributed by atoms with E-state index >= 15 is 0 Å². The average molecular weight is 342 g/mol. The molecule has 0 unspecified atom stereocenters. The Bertz CT molecular complexity index is 587. The third kappa shape index (κ3) is 2.79. The first-order chi connectivity index (χ1) is 11.0. The van der Waals surface area contributed by atoms with Crippen LogP contribution in [0.1, 0.15) is 17.7 Å². The Morgan fingerprint density at radius 1 is 1.48 bits per heavy atom. The normalized spacial score (nSPS) is 33.4. The van der Waals surface area contributed by atoms with Crippen molar-refractivity contribution < 1.29 is 18.3 Å². The molecular formula is C16H20F2N2O2S. The summed E-state index contributed by atoms with van der Waals surface area (Å²) >= 11 is 1.71. The van der Waals surface area contributed by atoms with E-state index in [-0.39, 0.29) is 30.7 Å². The molecule has 0 spiro atoms. The Hall–Kier alpha value is -1.05. The number of thiophene rings is 1. The molecule has 2 atom stereocenters. The second-order valence-electron chi connectivity index (χ2n) is 7.05. The van der Waals surface area contributed by atoms with Crippen molar-refractivity contribution >= 4 is 17.2 Å². The molecule has 0 aromatic carbocycles. The van der Waals surface area contributed by atoms with E-state index in [0.29, 0.717) is 19.8 Å². The summed E-state index contributed by atoms with van der Waals surface area (Å²) in [6.07, 6.45) is -0.474. The molecule has 7 heteroatoms. The van der Waals surface area contributed by atoms with Crippen LogP contribution in [0.15, 0.2) is 17.5 Å². The monoisotopic (exact) mass is 342 g/mol. The van der Waals surface area contributed by atoms with E-state index in [1.807, 2.05) is 6.07 Å². The van der Waals surface area contributed by atoms with E-state index in [1.165, 1.54) is 4.88 Å². The lowest BCUT2D eigenvalue weighted by molar-refractivity contribution is -0.139. The van der Waals surface area contributed by atoms with Crippen molar-refractivity contribution in [3.8, 4) is 0 Å². The number of amides is 1. The lowest BCUT2D eigenvalue weighted by Crippen LogP contribution is -2.56. The molecule has 1 aromatic rings. The smallest absolute Gasteiger partial charge is 0.252 e. The fourth-order valence-electron chi connectivity index (χ4n) is 4.00. The van der Waals surface area contributed by atoms with E-state index in [9.17, 15) is 13.6 Å². The molecule has 1 aromatic heterocycles. The number of carbonyl (C=O) groups excluding carboxylic acids is 1. The number of rotatable bonds is 4. The van der Waals surface area contributed by atoms with Crippen LogP contribution in [0.4, 0.5) is 8.78 Å². The summed E-state index contributed by atoms with van der Waals surface area (Å²) in [6, 6.07) is 3.73. The second kappa shape index (κ2) is 5.50. The molecule has 2 aliphatic heterocycles. The number of nitrogens with one attached hydrogen (secondary N) is 1. The van der Waals surface area contributed by atoms with Crippen LogP contribution in [0.3, 0.4) is 0 Å². The Morgan fingerprint density at radius 2 is 2.30 bits per heavy atom. The summed E-state index contributed by atoms with van der Waals surface area (Å²) in [4.78, 5) is 16.3. The average Bonchev–Trinajstić information content (AvgIpc) is 3.12. The van der Waals surface area contributed by atoms with Gasteiger partial charge in [0.25, 0.3) is 5.92 Å². The predicted molar refractivity (Wildman–Crippen MR) is 82.4 cm³/mol. The molecular weight excluding hydrogens is 322 g/mol. The van der Waals surface area contributed by atoms with Crippen molar-refractivity contribution in [3.05, 3.63) is 22.4 Å². The largest absolute Gasteiger partial charge is 0.380 e. The summed E-state index contributed by atoms with van der Waals surface area (Å²) in [7, 11) is 0. The summed E-state index contributed by atoms with van der Waals surface area (Å²) in [5, 5.41) is 4.88. The Balaban J connectivity index is 1.42. The molecule has 23 heavy (non-hydrogen) atoms. The third-order valence-electron chi connectivity index (χ3n) is 5.28. The van der Waals surface area contributed by atoms with Gasteiger partial charge in [0, 0.05) is 49.3 Å². The number of ether oxygens (including phenoxy) is 1. The van der Waals surface area contributed by atoms with E-state index in [1.54, 1.807) is 11.3 Å². The second-order valence-corrected chi connectivity index (χ2v) is 8.08. The highest BCUT2D eigenvalue weighted by Crippen LogP contribution is 2.44. The Kier molecular flexibility index (Phi) is 3.70. The van der Waals surface area contributed by atoms with Crippen LogP contribution in [-0.2, 0) is 16.1 Å². The molecule has 0 bridgehead atoms. The molecule has 0 radical (unpaired) electrons. The standard InChI is InChI=1S/C16H20F2N2O2S/c17-16(18)4-12(5-16)19-14(21)15-9-20(6-11(15)8-22-10-15)7-13-2-1-3-23-13/h1-3,11-12H,4-10H2,(H,19,21)/t11-,15-/m1/s1. The van der Waals surface area contributed by atoms with Gasteiger partial charge < -0.3 is 10.1 Å². The lowest BCUT2D eigenvalue weighted by Gasteiger charge is -2.37. The van der Waals surface area contributed by atoms with Gasteiger partial charge in [-0.05, 0) is 11.4 Å². The van der Waals surface area contributed by atoms with E-state index in [2.05, 4.69) is 21.7 Å². The first kappa shape index (κ1) is 15.5. The molecule has 2 saturated heterocycles.